The molecular weight excluding hydrogens is 420 g/mol. The lowest BCUT2D eigenvalue weighted by molar-refractivity contribution is 0.0526. The number of hydrogen-bond acceptors (Lipinski definition) is 9. The molecule has 0 aliphatic carbocycles. The molecule has 0 unspecified atom stereocenters. The number of nitrogens with zero attached hydrogens (tertiary/aromatic N) is 4. The van der Waals surface area contributed by atoms with Gasteiger partial charge in [0.25, 0.3) is 0 Å². The normalized spacial score (nSPS) is 13.5. The molecule has 1 aliphatic rings. The zero-order valence-corrected chi connectivity index (χ0v) is 19.1. The van der Waals surface area contributed by atoms with E-state index in [-0.39, 0.29) is 5.97 Å². The second-order valence-corrected chi connectivity index (χ2v) is 7.81. The van der Waals surface area contributed by atoms with Gasteiger partial charge in [-0.25, -0.2) is 4.79 Å². The first-order valence-electron chi connectivity index (χ1n) is 11.0. The third-order valence-electron chi connectivity index (χ3n) is 5.05. The average molecular weight is 449 g/mol. The average Bonchev–Trinajstić information content (AvgIpc) is 2.79. The highest BCUT2D eigenvalue weighted by molar-refractivity contribution is 5.89. The molecule has 4 rings (SSSR count). The lowest BCUT2D eigenvalue weighted by atomic mass is 10.1. The van der Waals surface area contributed by atoms with Crippen LogP contribution >= 0.6 is 0 Å². The van der Waals surface area contributed by atoms with Crippen LogP contribution in [0.3, 0.4) is 0 Å². The summed E-state index contributed by atoms with van der Waals surface area (Å²) in [7, 11) is 0. The summed E-state index contributed by atoms with van der Waals surface area (Å²) in [5.41, 5.74) is 4.46. The molecule has 0 bridgehead atoms. The third kappa shape index (κ3) is 5.95. The molecule has 2 N–H and O–H groups in total. The van der Waals surface area contributed by atoms with Crippen LogP contribution in [-0.2, 0) is 9.47 Å². The number of carbonyl (C=O) groups excluding carboxylic acids is 1. The molecule has 1 aliphatic heterocycles. The van der Waals surface area contributed by atoms with Gasteiger partial charge in [-0.1, -0.05) is 6.07 Å². The molecule has 1 fully saturated rings. The summed E-state index contributed by atoms with van der Waals surface area (Å²) >= 11 is 0. The quantitative estimate of drug-likeness (QED) is 0.520. The fourth-order valence-corrected chi connectivity index (χ4v) is 3.59. The van der Waals surface area contributed by atoms with Crippen molar-refractivity contribution in [2.75, 3.05) is 48.4 Å². The molecule has 0 amide bonds. The van der Waals surface area contributed by atoms with E-state index in [2.05, 4.69) is 50.4 Å². The summed E-state index contributed by atoms with van der Waals surface area (Å²) in [6.07, 6.45) is 0. The molecule has 1 saturated heterocycles. The van der Waals surface area contributed by atoms with Crippen molar-refractivity contribution in [3.8, 4) is 0 Å². The Balaban J connectivity index is 1.60. The number of benzene rings is 2. The van der Waals surface area contributed by atoms with Gasteiger partial charge in [0.1, 0.15) is 0 Å². The van der Waals surface area contributed by atoms with E-state index in [1.54, 1.807) is 31.2 Å². The predicted molar refractivity (Wildman–Crippen MR) is 128 cm³/mol. The molecule has 9 nitrogen and oxygen atoms in total. The zero-order chi connectivity index (χ0) is 23.2. The Morgan fingerprint density at radius 1 is 0.939 bits per heavy atom. The molecule has 9 heteroatoms. The maximum absolute atomic E-state index is 11.9. The number of rotatable bonds is 7. The Bertz CT molecular complexity index is 1090. The van der Waals surface area contributed by atoms with Crippen LogP contribution in [0, 0.1) is 13.8 Å². The van der Waals surface area contributed by atoms with Gasteiger partial charge in [-0.05, 0) is 68.3 Å². The van der Waals surface area contributed by atoms with Gasteiger partial charge < -0.3 is 25.0 Å². The molecule has 0 atom stereocenters. The van der Waals surface area contributed by atoms with Gasteiger partial charge in [0.05, 0.1) is 25.4 Å². The van der Waals surface area contributed by atoms with Crippen molar-refractivity contribution in [1.29, 1.82) is 0 Å². The standard InChI is InChI=1S/C24H28N6O3/c1-4-33-21(31)18-5-7-19(8-6-18)25-22-27-23(26-20-14-16(2)13-17(3)15-20)29-24(28-22)30-9-11-32-12-10-30/h5-8,13-15H,4,9-12H2,1-3H3,(H2,25,26,27,28,29). The zero-order valence-electron chi connectivity index (χ0n) is 19.1. The number of carbonyl (C=O) groups is 1. The number of aromatic nitrogens is 3. The summed E-state index contributed by atoms with van der Waals surface area (Å²) < 4.78 is 10.5. The lowest BCUT2D eigenvalue weighted by Gasteiger charge is -2.27. The number of morpholine rings is 1. The molecule has 33 heavy (non-hydrogen) atoms. The number of nitrogens with one attached hydrogen (secondary N) is 2. The summed E-state index contributed by atoms with van der Waals surface area (Å²) in [4.78, 5) is 27.8. The summed E-state index contributed by atoms with van der Waals surface area (Å²) in [6, 6.07) is 13.2. The van der Waals surface area contributed by atoms with E-state index >= 15 is 0 Å². The molecular formula is C24H28N6O3. The number of ether oxygens (including phenoxy) is 2. The highest BCUT2D eigenvalue weighted by Crippen LogP contribution is 2.22. The van der Waals surface area contributed by atoms with E-state index in [1.807, 2.05) is 12.1 Å². The van der Waals surface area contributed by atoms with Crippen molar-refractivity contribution in [3.05, 3.63) is 59.2 Å². The van der Waals surface area contributed by atoms with Crippen LogP contribution < -0.4 is 15.5 Å². The van der Waals surface area contributed by atoms with Crippen molar-refractivity contribution in [2.24, 2.45) is 0 Å². The Kier molecular flexibility index (Phi) is 6.99. The van der Waals surface area contributed by atoms with E-state index < -0.39 is 0 Å². The lowest BCUT2D eigenvalue weighted by Crippen LogP contribution is -2.37. The van der Waals surface area contributed by atoms with Crippen LogP contribution in [0.15, 0.2) is 42.5 Å². The van der Waals surface area contributed by atoms with Crippen LogP contribution in [0.25, 0.3) is 0 Å². The van der Waals surface area contributed by atoms with Crippen molar-refractivity contribution < 1.29 is 14.3 Å². The smallest absolute Gasteiger partial charge is 0.338 e. The van der Waals surface area contributed by atoms with Crippen molar-refractivity contribution in [3.63, 3.8) is 0 Å². The van der Waals surface area contributed by atoms with E-state index in [4.69, 9.17) is 9.47 Å². The van der Waals surface area contributed by atoms with E-state index in [9.17, 15) is 4.79 Å². The number of hydrogen-bond donors (Lipinski definition) is 2. The van der Waals surface area contributed by atoms with Gasteiger partial charge >= 0.3 is 5.97 Å². The van der Waals surface area contributed by atoms with E-state index in [1.165, 1.54) is 0 Å². The van der Waals surface area contributed by atoms with Gasteiger partial charge in [-0.15, -0.1) is 0 Å². The Morgan fingerprint density at radius 3 is 2.15 bits per heavy atom. The highest BCUT2D eigenvalue weighted by atomic mass is 16.5. The molecule has 2 heterocycles. The Morgan fingerprint density at radius 2 is 1.55 bits per heavy atom. The van der Waals surface area contributed by atoms with Crippen molar-refractivity contribution in [2.45, 2.75) is 20.8 Å². The molecule has 3 aromatic rings. The largest absolute Gasteiger partial charge is 0.462 e. The molecule has 0 saturated carbocycles. The van der Waals surface area contributed by atoms with Crippen LogP contribution in [0.4, 0.5) is 29.2 Å². The third-order valence-corrected chi connectivity index (χ3v) is 5.05. The van der Waals surface area contributed by atoms with Crippen LogP contribution in [-0.4, -0.2) is 53.8 Å². The topological polar surface area (TPSA) is 102 Å². The minimum absolute atomic E-state index is 0.338. The first-order valence-corrected chi connectivity index (χ1v) is 11.0. The van der Waals surface area contributed by atoms with Gasteiger partial charge in [0, 0.05) is 24.5 Å². The first kappa shape index (κ1) is 22.5. The first-order chi connectivity index (χ1) is 16.0. The van der Waals surface area contributed by atoms with Crippen molar-refractivity contribution >= 4 is 35.2 Å². The minimum Gasteiger partial charge on any atom is -0.462 e. The fourth-order valence-electron chi connectivity index (χ4n) is 3.59. The maximum Gasteiger partial charge on any atom is 0.338 e. The molecule has 172 valence electrons. The molecule has 2 aromatic carbocycles. The van der Waals surface area contributed by atoms with Crippen molar-refractivity contribution in [1.82, 2.24) is 15.0 Å². The van der Waals surface area contributed by atoms with Crippen LogP contribution in [0.2, 0.25) is 0 Å². The maximum atomic E-state index is 11.9. The molecule has 0 spiro atoms. The molecule has 1 aromatic heterocycles. The number of anilines is 5. The van der Waals surface area contributed by atoms with Gasteiger partial charge in [0.15, 0.2) is 0 Å². The second kappa shape index (κ2) is 10.3. The predicted octanol–water partition coefficient (Wildman–Crippen LogP) is 3.99. The number of esters is 1. The molecule has 0 radical (unpaired) electrons. The SMILES string of the molecule is CCOC(=O)c1ccc(Nc2nc(Nc3cc(C)cc(C)c3)nc(N3CCOCC3)n2)cc1. The van der Waals surface area contributed by atoms with Gasteiger partial charge in [-0.3, -0.25) is 0 Å². The minimum atomic E-state index is -0.348. The highest BCUT2D eigenvalue weighted by Gasteiger charge is 2.17. The number of aryl methyl sites for hydroxylation is 2. The van der Waals surface area contributed by atoms with E-state index in [0.29, 0.717) is 56.3 Å². The van der Waals surface area contributed by atoms with Crippen LogP contribution in [0.1, 0.15) is 28.4 Å². The van der Waals surface area contributed by atoms with Gasteiger partial charge in [0.2, 0.25) is 17.8 Å². The Hall–Kier alpha value is -3.72. The summed E-state index contributed by atoms with van der Waals surface area (Å²) in [5.74, 6) is 1.08. The second-order valence-electron chi connectivity index (χ2n) is 7.81. The summed E-state index contributed by atoms with van der Waals surface area (Å²) in [6.45, 7) is 8.90. The fraction of sp³-hybridized carbons (Fsp3) is 0.333. The van der Waals surface area contributed by atoms with E-state index in [0.717, 1.165) is 22.5 Å². The van der Waals surface area contributed by atoms with Crippen LogP contribution in [0.5, 0.6) is 0 Å². The van der Waals surface area contributed by atoms with Gasteiger partial charge in [-0.2, -0.15) is 15.0 Å². The summed E-state index contributed by atoms with van der Waals surface area (Å²) in [5, 5.41) is 6.53. The Labute approximate surface area is 193 Å². The monoisotopic (exact) mass is 448 g/mol.